The van der Waals surface area contributed by atoms with Crippen LogP contribution in [0, 0.1) is 0 Å². The maximum absolute atomic E-state index is 10.0. The zero-order valence-electron chi connectivity index (χ0n) is 3.02. The molecule has 0 aliphatic carbocycles. The molecule has 6 heavy (non-hydrogen) atoms. The van der Waals surface area contributed by atoms with Crippen molar-refractivity contribution in [1.29, 1.82) is 0 Å². The molecule has 3 nitrogen and oxygen atoms in total. The Morgan fingerprint density at radius 2 is 2.67 bits per heavy atom. The highest BCUT2D eigenvalue weighted by Crippen LogP contribution is 1.94. The molecule has 0 unspecified atom stereocenters. The van der Waals surface area contributed by atoms with E-state index in [2.05, 4.69) is 10.3 Å². The van der Waals surface area contributed by atoms with Crippen LogP contribution in [-0.2, 0) is 4.79 Å². The Kier molecular flexibility index (Phi) is 0.979. The van der Waals surface area contributed by atoms with Gasteiger partial charge in [0.25, 0.3) is 0 Å². The van der Waals surface area contributed by atoms with E-state index in [1.54, 1.807) is 0 Å². The van der Waals surface area contributed by atoms with Crippen LogP contribution in [0.15, 0.2) is 0 Å². The second-order valence-electron chi connectivity index (χ2n) is 0.939. The molecule has 1 heterocycles. The van der Waals surface area contributed by atoms with E-state index >= 15 is 0 Å². The summed E-state index contributed by atoms with van der Waals surface area (Å²) in [5.41, 5.74) is 2.39. The Bertz CT molecular complexity index is 65.9. The lowest BCUT2D eigenvalue weighted by Crippen LogP contribution is -2.23. The van der Waals surface area contributed by atoms with Crippen LogP contribution in [0.5, 0.6) is 0 Å². The van der Waals surface area contributed by atoms with Gasteiger partial charge in [-0.2, -0.15) is 4.83 Å². The molecule has 0 aromatic rings. The van der Waals surface area contributed by atoms with E-state index < -0.39 is 0 Å². The number of hydrogen-bond donors (Lipinski definition) is 2. The smallest absolute Gasteiger partial charge is 0.246 e. The Morgan fingerprint density at radius 1 is 1.83 bits per heavy atom. The Morgan fingerprint density at radius 3 is 2.83 bits per heavy atom. The molecule has 1 aliphatic rings. The summed E-state index contributed by atoms with van der Waals surface area (Å²) in [5, 5.41) is 0. The topological polar surface area (TPSA) is 41.1 Å². The monoisotopic (exact) mass is 104 g/mol. The van der Waals surface area contributed by atoms with Crippen molar-refractivity contribution in [1.82, 2.24) is 10.3 Å². The highest BCUT2D eigenvalue weighted by Gasteiger charge is 2.05. The summed E-state index contributed by atoms with van der Waals surface area (Å²) in [4.78, 5) is 12.6. The van der Waals surface area contributed by atoms with Gasteiger partial charge >= 0.3 is 0 Å². The van der Waals surface area contributed by atoms with Gasteiger partial charge in [0, 0.05) is 0 Å². The van der Waals surface area contributed by atoms with E-state index in [9.17, 15) is 4.79 Å². The highest BCUT2D eigenvalue weighted by atomic mass is 32.2. The Balaban J connectivity index is 2.37. The minimum absolute atomic E-state index is 0.0556. The van der Waals surface area contributed by atoms with Crippen molar-refractivity contribution in [2.24, 2.45) is 0 Å². The first kappa shape index (κ1) is 3.95. The normalized spacial score (nSPS) is 21.0. The van der Waals surface area contributed by atoms with Crippen molar-refractivity contribution in [2.75, 3.05) is 5.75 Å². The largest absolute Gasteiger partial charge is 0.281 e. The lowest BCUT2D eigenvalue weighted by Gasteiger charge is -1.81. The van der Waals surface area contributed by atoms with Crippen molar-refractivity contribution in [3.8, 4) is 0 Å². The molecule has 2 N–H and O–H groups in total. The minimum Gasteiger partial charge on any atom is -0.281 e. The fraction of sp³-hybridized carbons (Fsp3) is 0.500. The van der Waals surface area contributed by atoms with Crippen molar-refractivity contribution in [3.05, 3.63) is 0 Å². The predicted molar refractivity (Wildman–Crippen MR) is 23.7 cm³/mol. The molecule has 34 valence electrons. The number of nitrogens with one attached hydrogen (secondary N) is 2. The average Bonchev–Trinajstić information content (AvgIpc) is 1.86. The minimum atomic E-state index is 0.0556. The molecule has 0 spiro atoms. The molecule has 0 bridgehead atoms. The SMILES string of the molecule is O=C1CSNN1. The summed E-state index contributed by atoms with van der Waals surface area (Å²) in [5.74, 6) is 0.597. The summed E-state index contributed by atoms with van der Waals surface area (Å²) in [6.07, 6.45) is 0. The molecule has 0 atom stereocenters. The van der Waals surface area contributed by atoms with E-state index in [-0.39, 0.29) is 5.91 Å². The van der Waals surface area contributed by atoms with Crippen LogP contribution in [0.1, 0.15) is 0 Å². The summed E-state index contributed by atoms with van der Waals surface area (Å²) in [7, 11) is 0. The molecule has 1 amide bonds. The van der Waals surface area contributed by atoms with Gasteiger partial charge in [0.05, 0.1) is 5.75 Å². The number of hydrogen-bond acceptors (Lipinski definition) is 3. The first-order chi connectivity index (χ1) is 2.89. The average molecular weight is 104 g/mol. The molecule has 1 saturated heterocycles. The van der Waals surface area contributed by atoms with Crippen LogP contribution in [0.3, 0.4) is 0 Å². The van der Waals surface area contributed by atoms with E-state index in [1.807, 2.05) is 0 Å². The number of amides is 1. The van der Waals surface area contributed by atoms with E-state index in [1.165, 1.54) is 11.9 Å². The maximum atomic E-state index is 10.0. The van der Waals surface area contributed by atoms with E-state index in [0.717, 1.165) is 0 Å². The predicted octanol–water partition coefficient (Wildman–Crippen LogP) is -0.731. The Hall–Kier alpha value is -0.220. The molecule has 0 aromatic heterocycles. The molecule has 1 aliphatic heterocycles. The highest BCUT2D eigenvalue weighted by molar-refractivity contribution is 7.98. The van der Waals surface area contributed by atoms with Gasteiger partial charge in [-0.05, 0) is 0 Å². The van der Waals surface area contributed by atoms with Crippen LogP contribution in [0.4, 0.5) is 0 Å². The van der Waals surface area contributed by atoms with Gasteiger partial charge in [-0.15, -0.1) is 0 Å². The molecule has 1 fully saturated rings. The second-order valence-corrected chi connectivity index (χ2v) is 1.72. The van der Waals surface area contributed by atoms with Gasteiger partial charge in [0.2, 0.25) is 5.91 Å². The first-order valence-electron chi connectivity index (χ1n) is 1.55. The zero-order valence-corrected chi connectivity index (χ0v) is 3.84. The summed E-state index contributed by atoms with van der Waals surface area (Å²) >= 11 is 1.37. The standard InChI is InChI=1S/C2H4N2OS/c5-2-1-6-4-3-2/h4H,1H2,(H,3,5). The van der Waals surface area contributed by atoms with Crippen LogP contribution >= 0.6 is 11.9 Å². The third-order valence-corrected chi connectivity index (χ3v) is 1.12. The first-order valence-corrected chi connectivity index (χ1v) is 2.54. The van der Waals surface area contributed by atoms with Gasteiger partial charge in [-0.3, -0.25) is 10.2 Å². The fourth-order valence-electron chi connectivity index (χ4n) is 0.231. The van der Waals surface area contributed by atoms with E-state index in [0.29, 0.717) is 5.75 Å². The Labute approximate surface area is 39.6 Å². The third-order valence-electron chi connectivity index (χ3n) is 0.466. The van der Waals surface area contributed by atoms with Crippen LogP contribution in [-0.4, -0.2) is 11.7 Å². The molecule has 1 rings (SSSR count). The van der Waals surface area contributed by atoms with Crippen LogP contribution in [0.2, 0.25) is 0 Å². The summed E-state index contributed by atoms with van der Waals surface area (Å²) in [6, 6.07) is 0. The number of carbonyl (C=O) groups excluding carboxylic acids is 1. The third kappa shape index (κ3) is 0.636. The molecular formula is C2H4N2OS. The lowest BCUT2D eigenvalue weighted by atomic mass is 10.8. The van der Waals surface area contributed by atoms with Crippen molar-refractivity contribution < 1.29 is 4.79 Å². The van der Waals surface area contributed by atoms with Crippen LogP contribution < -0.4 is 10.3 Å². The number of rotatable bonds is 0. The van der Waals surface area contributed by atoms with E-state index in [4.69, 9.17) is 0 Å². The molecule has 0 aromatic carbocycles. The number of hydrazine groups is 1. The molecule has 4 heteroatoms. The van der Waals surface area contributed by atoms with Crippen molar-refractivity contribution in [2.45, 2.75) is 0 Å². The quantitative estimate of drug-likeness (QED) is 0.398. The van der Waals surface area contributed by atoms with Crippen molar-refractivity contribution >= 4 is 17.9 Å². The van der Waals surface area contributed by atoms with Gasteiger partial charge in [0.1, 0.15) is 0 Å². The fourth-order valence-corrected chi connectivity index (χ4v) is 0.692. The van der Waals surface area contributed by atoms with Crippen molar-refractivity contribution in [3.63, 3.8) is 0 Å². The van der Waals surface area contributed by atoms with Gasteiger partial charge in [-0.25, -0.2) is 0 Å². The summed E-state index contributed by atoms with van der Waals surface area (Å²) in [6.45, 7) is 0. The maximum Gasteiger partial charge on any atom is 0.246 e. The molecule has 0 saturated carbocycles. The zero-order chi connectivity index (χ0) is 4.41. The summed E-state index contributed by atoms with van der Waals surface area (Å²) < 4.78 is 0. The van der Waals surface area contributed by atoms with Gasteiger partial charge in [0.15, 0.2) is 0 Å². The number of carbonyl (C=O) groups is 1. The van der Waals surface area contributed by atoms with Crippen LogP contribution in [0.25, 0.3) is 0 Å². The molecule has 0 radical (unpaired) electrons. The lowest BCUT2D eigenvalue weighted by molar-refractivity contribution is -0.118. The molecular weight excluding hydrogens is 100 g/mol. The second kappa shape index (κ2) is 1.49. The van der Waals surface area contributed by atoms with Gasteiger partial charge in [-0.1, -0.05) is 11.9 Å². The van der Waals surface area contributed by atoms with Gasteiger partial charge < -0.3 is 0 Å².